The Bertz CT molecular complexity index is 935. The lowest BCUT2D eigenvalue weighted by molar-refractivity contribution is 0.0660. The zero-order chi connectivity index (χ0) is 15.7. The first-order valence-electron chi connectivity index (χ1n) is 6.12. The number of aromatic carboxylic acids is 1. The molecule has 3 heterocycles. The second kappa shape index (κ2) is 5.45. The van der Waals surface area contributed by atoms with Crippen LogP contribution in [-0.2, 0) is 6.54 Å². The highest BCUT2D eigenvalue weighted by Crippen LogP contribution is 2.18. The molecule has 0 radical (unpaired) electrons. The summed E-state index contributed by atoms with van der Waals surface area (Å²) in [4.78, 5) is 37.2. The summed E-state index contributed by atoms with van der Waals surface area (Å²) in [6, 6.07) is 6.21. The zero-order valence-electron chi connectivity index (χ0n) is 11.0. The summed E-state index contributed by atoms with van der Waals surface area (Å²) in [5, 5.41) is 14.6. The molecule has 0 bridgehead atoms. The molecule has 0 amide bonds. The van der Waals surface area contributed by atoms with Crippen molar-refractivity contribution in [2.75, 3.05) is 0 Å². The van der Waals surface area contributed by atoms with Crippen molar-refractivity contribution < 1.29 is 14.3 Å². The van der Waals surface area contributed by atoms with E-state index in [0.717, 1.165) is 4.68 Å². The Morgan fingerprint density at radius 2 is 2.18 bits per heavy atom. The third kappa shape index (κ3) is 2.61. The Hall–Kier alpha value is -2.94. The molecule has 0 saturated carbocycles. The SMILES string of the molecule is O=C(O)c1ccc(Cn2nc(-c3cccs3)c(=O)[nH]c2=O)o1. The average molecular weight is 319 g/mol. The minimum atomic E-state index is -1.20. The molecule has 3 aromatic heterocycles. The summed E-state index contributed by atoms with van der Waals surface area (Å²) in [6.45, 7) is -0.0821. The lowest BCUT2D eigenvalue weighted by Gasteiger charge is -2.03. The Morgan fingerprint density at radius 1 is 1.36 bits per heavy atom. The van der Waals surface area contributed by atoms with E-state index in [-0.39, 0.29) is 23.8 Å². The quantitative estimate of drug-likeness (QED) is 0.740. The van der Waals surface area contributed by atoms with Crippen LogP contribution in [0.25, 0.3) is 10.6 Å². The average Bonchev–Trinajstić information content (AvgIpc) is 3.13. The Morgan fingerprint density at radius 3 is 2.82 bits per heavy atom. The number of aromatic nitrogens is 3. The van der Waals surface area contributed by atoms with Crippen molar-refractivity contribution >= 4 is 17.3 Å². The third-order valence-corrected chi connectivity index (χ3v) is 3.70. The van der Waals surface area contributed by atoms with Crippen molar-refractivity contribution in [3.8, 4) is 10.6 Å². The number of rotatable bonds is 4. The number of carboxylic acid groups (broad SMARTS) is 1. The van der Waals surface area contributed by atoms with Crippen LogP contribution in [0.3, 0.4) is 0 Å². The van der Waals surface area contributed by atoms with E-state index >= 15 is 0 Å². The summed E-state index contributed by atoms with van der Waals surface area (Å²) in [5.41, 5.74) is -1.15. The summed E-state index contributed by atoms with van der Waals surface area (Å²) in [5.74, 6) is -1.19. The number of carbonyl (C=O) groups is 1. The molecule has 0 spiro atoms. The standard InChI is InChI=1S/C13H9N3O5S/c17-11-10(9-2-1-5-22-9)15-16(13(20)14-11)6-7-3-4-8(21-7)12(18)19/h1-5H,6H2,(H,18,19)(H,14,17,20). The predicted octanol–water partition coefficient (Wildman–Crippen LogP) is 1.000. The van der Waals surface area contributed by atoms with Gasteiger partial charge in [0.25, 0.3) is 5.56 Å². The molecule has 0 unspecified atom stereocenters. The first-order chi connectivity index (χ1) is 10.5. The summed E-state index contributed by atoms with van der Waals surface area (Å²) in [7, 11) is 0. The van der Waals surface area contributed by atoms with Crippen molar-refractivity contribution in [2.45, 2.75) is 6.54 Å². The van der Waals surface area contributed by atoms with E-state index in [1.165, 1.54) is 23.5 Å². The van der Waals surface area contributed by atoms with Crippen LogP contribution in [-0.4, -0.2) is 25.8 Å². The van der Waals surface area contributed by atoms with E-state index in [2.05, 4.69) is 10.1 Å². The topological polar surface area (TPSA) is 118 Å². The number of aromatic amines is 1. The molecule has 0 atom stereocenters. The first-order valence-corrected chi connectivity index (χ1v) is 7.00. The molecule has 0 aliphatic rings. The monoisotopic (exact) mass is 319 g/mol. The Balaban J connectivity index is 2.00. The van der Waals surface area contributed by atoms with E-state index < -0.39 is 17.2 Å². The van der Waals surface area contributed by atoms with Gasteiger partial charge in [-0.15, -0.1) is 11.3 Å². The maximum absolute atomic E-state index is 11.8. The second-order valence-corrected chi connectivity index (χ2v) is 5.26. The van der Waals surface area contributed by atoms with E-state index in [4.69, 9.17) is 9.52 Å². The maximum atomic E-state index is 11.8. The maximum Gasteiger partial charge on any atom is 0.371 e. The summed E-state index contributed by atoms with van der Waals surface area (Å²) >= 11 is 1.32. The lowest BCUT2D eigenvalue weighted by atomic mass is 10.3. The van der Waals surface area contributed by atoms with Crippen LogP contribution < -0.4 is 11.2 Å². The van der Waals surface area contributed by atoms with Crippen molar-refractivity contribution in [1.29, 1.82) is 0 Å². The first kappa shape index (κ1) is 14.0. The molecule has 0 saturated heterocycles. The highest BCUT2D eigenvalue weighted by atomic mass is 32.1. The number of nitrogens with one attached hydrogen (secondary N) is 1. The van der Waals surface area contributed by atoms with Gasteiger partial charge in [-0.1, -0.05) is 6.07 Å². The molecule has 9 heteroatoms. The van der Waals surface area contributed by atoms with Gasteiger partial charge in [-0.25, -0.2) is 14.3 Å². The fraction of sp³-hybridized carbons (Fsp3) is 0.0769. The minimum Gasteiger partial charge on any atom is -0.475 e. The molecule has 0 aromatic carbocycles. The Labute approximate surface area is 126 Å². The van der Waals surface area contributed by atoms with Crippen molar-refractivity contribution in [1.82, 2.24) is 14.8 Å². The number of thiophene rings is 1. The molecular weight excluding hydrogens is 310 g/mol. The van der Waals surface area contributed by atoms with Gasteiger partial charge in [-0.2, -0.15) is 5.10 Å². The van der Waals surface area contributed by atoms with Gasteiger partial charge in [0.05, 0.1) is 4.88 Å². The highest BCUT2D eigenvalue weighted by molar-refractivity contribution is 7.13. The van der Waals surface area contributed by atoms with E-state index in [9.17, 15) is 14.4 Å². The number of H-pyrrole nitrogens is 1. The Kier molecular flexibility index (Phi) is 3.47. The van der Waals surface area contributed by atoms with Crippen molar-refractivity contribution in [3.63, 3.8) is 0 Å². The lowest BCUT2D eigenvalue weighted by Crippen LogP contribution is -2.33. The molecule has 3 aromatic rings. The molecule has 22 heavy (non-hydrogen) atoms. The molecule has 3 rings (SSSR count). The van der Waals surface area contributed by atoms with Crippen LogP contribution in [0.2, 0.25) is 0 Å². The number of nitrogens with zero attached hydrogens (tertiary/aromatic N) is 2. The van der Waals surface area contributed by atoms with Crippen LogP contribution in [0.4, 0.5) is 0 Å². The van der Waals surface area contributed by atoms with Crippen molar-refractivity contribution in [3.05, 3.63) is 62.0 Å². The molecular formula is C13H9N3O5S. The fourth-order valence-corrected chi connectivity index (χ4v) is 2.55. The van der Waals surface area contributed by atoms with Crippen LogP contribution in [0.15, 0.2) is 43.7 Å². The second-order valence-electron chi connectivity index (χ2n) is 4.31. The van der Waals surface area contributed by atoms with Crippen LogP contribution in [0, 0.1) is 0 Å². The predicted molar refractivity (Wildman–Crippen MR) is 77.2 cm³/mol. The van der Waals surface area contributed by atoms with Crippen molar-refractivity contribution in [2.24, 2.45) is 0 Å². The number of hydrogen-bond donors (Lipinski definition) is 2. The molecule has 112 valence electrons. The molecule has 0 aliphatic heterocycles. The van der Waals surface area contributed by atoms with Gasteiger partial charge < -0.3 is 9.52 Å². The minimum absolute atomic E-state index is 0.0821. The summed E-state index contributed by atoms with van der Waals surface area (Å²) < 4.78 is 6.09. The molecule has 0 fully saturated rings. The number of hydrogen-bond acceptors (Lipinski definition) is 6. The molecule has 0 aliphatic carbocycles. The van der Waals surface area contributed by atoms with E-state index in [1.54, 1.807) is 17.5 Å². The van der Waals surface area contributed by atoms with Crippen LogP contribution in [0.1, 0.15) is 16.3 Å². The summed E-state index contributed by atoms with van der Waals surface area (Å²) in [6.07, 6.45) is 0. The largest absolute Gasteiger partial charge is 0.475 e. The van der Waals surface area contributed by atoms with Crippen LogP contribution >= 0.6 is 11.3 Å². The normalized spacial score (nSPS) is 10.7. The number of furan rings is 1. The highest BCUT2D eigenvalue weighted by Gasteiger charge is 2.13. The van der Waals surface area contributed by atoms with Gasteiger partial charge in [0.2, 0.25) is 5.76 Å². The van der Waals surface area contributed by atoms with Gasteiger partial charge >= 0.3 is 11.7 Å². The van der Waals surface area contributed by atoms with E-state index in [0.29, 0.717) is 4.88 Å². The van der Waals surface area contributed by atoms with Gasteiger partial charge in [-0.05, 0) is 23.6 Å². The van der Waals surface area contributed by atoms with Gasteiger partial charge in [0.15, 0.2) is 5.69 Å². The van der Waals surface area contributed by atoms with Gasteiger partial charge in [-0.3, -0.25) is 9.78 Å². The fourth-order valence-electron chi connectivity index (χ4n) is 1.84. The molecule has 8 nitrogen and oxygen atoms in total. The zero-order valence-corrected chi connectivity index (χ0v) is 11.8. The smallest absolute Gasteiger partial charge is 0.371 e. The number of carboxylic acids is 1. The van der Waals surface area contributed by atoms with Gasteiger partial charge in [0.1, 0.15) is 12.3 Å². The van der Waals surface area contributed by atoms with Crippen LogP contribution in [0.5, 0.6) is 0 Å². The van der Waals surface area contributed by atoms with Gasteiger partial charge in [0, 0.05) is 0 Å². The molecule has 2 N–H and O–H groups in total. The van der Waals surface area contributed by atoms with E-state index in [1.807, 2.05) is 0 Å². The third-order valence-electron chi connectivity index (χ3n) is 2.82.